The SMILES string of the molecule is COc1ccccc1-c1ccccc1C[C@@H]1CN(C(=O)C2CCC2)CCNC1=O. The number of nitrogens with one attached hydrogen (secondary N) is 1. The highest BCUT2D eigenvalue weighted by Crippen LogP contribution is 2.34. The molecule has 0 radical (unpaired) electrons. The van der Waals surface area contributed by atoms with Crippen LogP contribution in [0.5, 0.6) is 5.75 Å². The molecule has 0 aromatic heterocycles. The summed E-state index contributed by atoms with van der Waals surface area (Å²) in [5, 5.41) is 3.00. The minimum atomic E-state index is -0.252. The lowest BCUT2D eigenvalue weighted by molar-refractivity contribution is -0.138. The molecule has 1 aliphatic heterocycles. The van der Waals surface area contributed by atoms with Crippen molar-refractivity contribution in [3.63, 3.8) is 0 Å². The predicted molar refractivity (Wildman–Crippen MR) is 113 cm³/mol. The van der Waals surface area contributed by atoms with E-state index in [-0.39, 0.29) is 23.7 Å². The summed E-state index contributed by atoms with van der Waals surface area (Å²) in [5.41, 5.74) is 3.18. The van der Waals surface area contributed by atoms with Crippen LogP contribution in [0.2, 0.25) is 0 Å². The van der Waals surface area contributed by atoms with Crippen molar-refractivity contribution in [1.29, 1.82) is 0 Å². The number of carbonyl (C=O) groups excluding carboxylic acids is 2. The van der Waals surface area contributed by atoms with Crippen LogP contribution < -0.4 is 10.1 Å². The van der Waals surface area contributed by atoms with E-state index in [0.717, 1.165) is 41.7 Å². The molecule has 2 aromatic rings. The van der Waals surface area contributed by atoms with Crippen LogP contribution in [0.3, 0.4) is 0 Å². The minimum absolute atomic E-state index is 0.0312. The van der Waals surface area contributed by atoms with Gasteiger partial charge in [-0.05, 0) is 36.5 Å². The second-order valence-corrected chi connectivity index (χ2v) is 7.96. The lowest BCUT2D eigenvalue weighted by Gasteiger charge is -2.32. The zero-order valence-electron chi connectivity index (χ0n) is 16.9. The lowest BCUT2D eigenvalue weighted by atomic mass is 9.84. The first-order valence-corrected chi connectivity index (χ1v) is 10.4. The van der Waals surface area contributed by atoms with Crippen LogP contribution in [0.4, 0.5) is 0 Å². The predicted octanol–water partition coefficient (Wildman–Crippen LogP) is 3.28. The van der Waals surface area contributed by atoms with Gasteiger partial charge in [-0.25, -0.2) is 0 Å². The molecule has 4 rings (SSSR count). The summed E-state index contributed by atoms with van der Waals surface area (Å²) in [5.74, 6) is 0.966. The number of carbonyl (C=O) groups is 2. The van der Waals surface area contributed by atoms with Gasteiger partial charge in [0, 0.05) is 31.1 Å². The molecule has 2 fully saturated rings. The van der Waals surface area contributed by atoms with Gasteiger partial charge >= 0.3 is 0 Å². The Morgan fingerprint density at radius 2 is 1.83 bits per heavy atom. The zero-order valence-corrected chi connectivity index (χ0v) is 16.9. The summed E-state index contributed by atoms with van der Waals surface area (Å²) < 4.78 is 5.55. The maximum absolute atomic E-state index is 12.8. The van der Waals surface area contributed by atoms with Crippen LogP contribution in [-0.2, 0) is 16.0 Å². The molecule has 0 spiro atoms. The average molecular weight is 392 g/mol. The maximum atomic E-state index is 12.8. The van der Waals surface area contributed by atoms with Crippen LogP contribution in [0, 0.1) is 11.8 Å². The zero-order chi connectivity index (χ0) is 20.2. The van der Waals surface area contributed by atoms with Crippen molar-refractivity contribution < 1.29 is 14.3 Å². The number of methoxy groups -OCH3 is 1. The molecule has 2 aromatic carbocycles. The van der Waals surface area contributed by atoms with Gasteiger partial charge in [-0.2, -0.15) is 0 Å². The second-order valence-electron chi connectivity index (χ2n) is 7.96. The van der Waals surface area contributed by atoms with Crippen LogP contribution >= 0.6 is 0 Å². The van der Waals surface area contributed by atoms with Crippen LogP contribution in [0.1, 0.15) is 24.8 Å². The number of hydrogen-bond donors (Lipinski definition) is 1. The van der Waals surface area contributed by atoms with Crippen molar-refractivity contribution in [3.8, 4) is 16.9 Å². The third-order valence-corrected chi connectivity index (χ3v) is 6.14. The molecule has 152 valence electrons. The Bertz CT molecular complexity index is 891. The second kappa shape index (κ2) is 8.68. The summed E-state index contributed by atoms with van der Waals surface area (Å²) in [4.78, 5) is 27.4. The molecule has 5 nitrogen and oxygen atoms in total. The largest absolute Gasteiger partial charge is 0.496 e. The average Bonchev–Trinajstić information content (AvgIpc) is 2.89. The molecule has 1 aliphatic carbocycles. The van der Waals surface area contributed by atoms with Crippen LogP contribution in [0.15, 0.2) is 48.5 Å². The van der Waals surface area contributed by atoms with Crippen LogP contribution in [0.25, 0.3) is 11.1 Å². The molecule has 2 aliphatic rings. The molecule has 1 saturated heterocycles. The highest BCUT2D eigenvalue weighted by molar-refractivity contribution is 5.84. The number of hydrogen-bond acceptors (Lipinski definition) is 3. The van der Waals surface area contributed by atoms with Gasteiger partial charge in [-0.15, -0.1) is 0 Å². The van der Waals surface area contributed by atoms with Gasteiger partial charge in [-0.1, -0.05) is 48.9 Å². The number of amides is 2. The molecule has 2 amide bonds. The van der Waals surface area contributed by atoms with Crippen molar-refractivity contribution in [2.45, 2.75) is 25.7 Å². The van der Waals surface area contributed by atoms with E-state index in [9.17, 15) is 9.59 Å². The molecule has 1 saturated carbocycles. The molecule has 5 heteroatoms. The molecule has 0 unspecified atom stereocenters. The first kappa shape index (κ1) is 19.5. The highest BCUT2D eigenvalue weighted by atomic mass is 16.5. The van der Waals surface area contributed by atoms with Gasteiger partial charge in [0.1, 0.15) is 5.75 Å². The van der Waals surface area contributed by atoms with Gasteiger partial charge in [0.2, 0.25) is 11.8 Å². The van der Waals surface area contributed by atoms with Crippen molar-refractivity contribution in [1.82, 2.24) is 10.2 Å². The van der Waals surface area contributed by atoms with E-state index in [4.69, 9.17) is 4.74 Å². The van der Waals surface area contributed by atoms with Gasteiger partial charge in [0.15, 0.2) is 0 Å². The fraction of sp³-hybridized carbons (Fsp3) is 0.417. The number of nitrogens with zero attached hydrogens (tertiary/aromatic N) is 1. The first-order valence-electron chi connectivity index (χ1n) is 10.4. The molecular formula is C24H28N2O3. The van der Waals surface area contributed by atoms with E-state index < -0.39 is 0 Å². The molecule has 1 N–H and O–H groups in total. The Balaban J connectivity index is 1.59. The fourth-order valence-corrected chi connectivity index (χ4v) is 4.26. The van der Waals surface area contributed by atoms with E-state index in [2.05, 4.69) is 17.4 Å². The summed E-state index contributed by atoms with van der Waals surface area (Å²) >= 11 is 0. The van der Waals surface area contributed by atoms with Crippen molar-refractivity contribution in [2.24, 2.45) is 11.8 Å². The lowest BCUT2D eigenvalue weighted by Crippen LogP contribution is -2.42. The fourth-order valence-electron chi connectivity index (χ4n) is 4.26. The summed E-state index contributed by atoms with van der Waals surface area (Å²) in [7, 11) is 1.67. The van der Waals surface area contributed by atoms with E-state index in [1.165, 1.54) is 0 Å². The molecule has 1 atom stereocenters. The molecule has 29 heavy (non-hydrogen) atoms. The van der Waals surface area contributed by atoms with Gasteiger partial charge < -0.3 is 15.0 Å². The van der Waals surface area contributed by atoms with E-state index >= 15 is 0 Å². The Kier molecular flexibility index (Phi) is 5.84. The molecule has 1 heterocycles. The number of ether oxygens (including phenoxy) is 1. The monoisotopic (exact) mass is 392 g/mol. The Hall–Kier alpha value is -2.82. The highest BCUT2D eigenvalue weighted by Gasteiger charge is 2.33. The van der Waals surface area contributed by atoms with Crippen molar-refractivity contribution >= 4 is 11.8 Å². The van der Waals surface area contributed by atoms with E-state index in [0.29, 0.717) is 26.1 Å². The maximum Gasteiger partial charge on any atom is 0.225 e. The van der Waals surface area contributed by atoms with Crippen LogP contribution in [-0.4, -0.2) is 43.5 Å². The van der Waals surface area contributed by atoms with Gasteiger partial charge in [0.05, 0.1) is 13.0 Å². The number of para-hydroxylation sites is 1. The summed E-state index contributed by atoms with van der Waals surface area (Å²) in [6.07, 6.45) is 3.70. The smallest absolute Gasteiger partial charge is 0.225 e. The Morgan fingerprint density at radius 1 is 1.10 bits per heavy atom. The topological polar surface area (TPSA) is 58.6 Å². The third-order valence-electron chi connectivity index (χ3n) is 6.14. The normalized spacial score (nSPS) is 19.8. The quantitative estimate of drug-likeness (QED) is 0.850. The third kappa shape index (κ3) is 4.14. The van der Waals surface area contributed by atoms with Gasteiger partial charge in [-0.3, -0.25) is 9.59 Å². The minimum Gasteiger partial charge on any atom is -0.496 e. The first-order chi connectivity index (χ1) is 14.2. The van der Waals surface area contributed by atoms with E-state index in [1.807, 2.05) is 41.3 Å². The van der Waals surface area contributed by atoms with Crippen molar-refractivity contribution in [3.05, 3.63) is 54.1 Å². The van der Waals surface area contributed by atoms with Gasteiger partial charge in [0.25, 0.3) is 0 Å². The molecular weight excluding hydrogens is 364 g/mol. The number of benzene rings is 2. The Labute approximate surface area is 172 Å². The van der Waals surface area contributed by atoms with E-state index in [1.54, 1.807) is 7.11 Å². The standard InChI is InChI=1S/C24H28N2O3/c1-29-22-12-5-4-11-21(22)20-10-3-2-7-18(20)15-19-16-26(14-13-25-23(19)27)24(28)17-8-6-9-17/h2-5,7,10-12,17,19H,6,8-9,13-16H2,1H3,(H,25,27)/t19-/m1/s1. The summed E-state index contributed by atoms with van der Waals surface area (Å²) in [6, 6.07) is 16.1. The van der Waals surface area contributed by atoms with Crippen molar-refractivity contribution in [2.75, 3.05) is 26.7 Å². The summed E-state index contributed by atoms with van der Waals surface area (Å²) in [6.45, 7) is 1.62. The Morgan fingerprint density at radius 3 is 2.55 bits per heavy atom. The number of rotatable bonds is 5. The molecule has 0 bridgehead atoms.